The van der Waals surface area contributed by atoms with Crippen LogP contribution in [0, 0.1) is 0 Å². The van der Waals surface area contributed by atoms with E-state index >= 15 is 0 Å². The van der Waals surface area contributed by atoms with Gasteiger partial charge in [-0.05, 0) is 47.2 Å². The predicted molar refractivity (Wildman–Crippen MR) is 116 cm³/mol. The Morgan fingerprint density at radius 1 is 0.929 bits per heavy atom. The Morgan fingerprint density at radius 2 is 1.64 bits per heavy atom. The van der Waals surface area contributed by atoms with Crippen molar-refractivity contribution in [3.05, 3.63) is 89.3 Å². The summed E-state index contributed by atoms with van der Waals surface area (Å²) in [5.41, 5.74) is 3.87. The van der Waals surface area contributed by atoms with Crippen LogP contribution in [0.4, 0.5) is 5.69 Å². The van der Waals surface area contributed by atoms with Crippen LogP contribution in [0.1, 0.15) is 5.56 Å². The first kappa shape index (κ1) is 18.1. The van der Waals surface area contributed by atoms with Crippen molar-refractivity contribution in [2.24, 2.45) is 4.99 Å². The summed E-state index contributed by atoms with van der Waals surface area (Å²) in [5.74, 6) is 0.703. The summed E-state index contributed by atoms with van der Waals surface area (Å²) in [6.45, 7) is 0. The SMILES string of the molecule is COc1ccccc1-c1ccc(/C=C2\SC(=Nc3ccccc3)NC2=O)cc1. The first-order valence-electron chi connectivity index (χ1n) is 8.81. The van der Waals surface area contributed by atoms with Gasteiger partial charge in [-0.3, -0.25) is 4.79 Å². The molecule has 5 heteroatoms. The molecule has 0 unspecified atom stereocenters. The van der Waals surface area contributed by atoms with Crippen molar-refractivity contribution >= 4 is 34.6 Å². The number of ether oxygens (including phenoxy) is 1. The van der Waals surface area contributed by atoms with Crippen LogP contribution in [0.5, 0.6) is 5.75 Å². The van der Waals surface area contributed by atoms with Crippen molar-refractivity contribution in [2.45, 2.75) is 0 Å². The Bertz CT molecular complexity index is 1060. The van der Waals surface area contributed by atoms with Gasteiger partial charge < -0.3 is 10.1 Å². The number of para-hydroxylation sites is 2. The molecule has 4 nitrogen and oxygen atoms in total. The molecule has 3 aromatic rings. The zero-order valence-electron chi connectivity index (χ0n) is 15.3. The topological polar surface area (TPSA) is 50.7 Å². The number of amides is 1. The van der Waals surface area contributed by atoms with Gasteiger partial charge in [0.05, 0.1) is 17.7 Å². The maximum Gasteiger partial charge on any atom is 0.264 e. The largest absolute Gasteiger partial charge is 0.496 e. The highest BCUT2D eigenvalue weighted by Crippen LogP contribution is 2.31. The summed E-state index contributed by atoms with van der Waals surface area (Å²) in [6, 6.07) is 25.5. The molecule has 1 aliphatic heterocycles. The fourth-order valence-corrected chi connectivity index (χ4v) is 3.74. The van der Waals surface area contributed by atoms with Crippen molar-refractivity contribution in [2.75, 3.05) is 7.11 Å². The molecule has 0 radical (unpaired) electrons. The lowest BCUT2D eigenvalue weighted by Gasteiger charge is -2.08. The molecule has 0 aromatic heterocycles. The second kappa shape index (κ2) is 8.15. The molecule has 0 bridgehead atoms. The lowest BCUT2D eigenvalue weighted by Crippen LogP contribution is -2.19. The molecule has 1 amide bonds. The number of carbonyl (C=O) groups excluding carboxylic acids is 1. The van der Waals surface area contributed by atoms with Crippen LogP contribution in [-0.2, 0) is 4.79 Å². The molecular formula is C23H18N2O2S. The van der Waals surface area contributed by atoms with Crippen LogP contribution < -0.4 is 10.1 Å². The van der Waals surface area contributed by atoms with Gasteiger partial charge >= 0.3 is 0 Å². The van der Waals surface area contributed by atoms with Gasteiger partial charge in [-0.1, -0.05) is 60.7 Å². The quantitative estimate of drug-likeness (QED) is 0.623. The number of hydrogen-bond donors (Lipinski definition) is 1. The third-order valence-corrected chi connectivity index (χ3v) is 5.17. The molecule has 1 saturated heterocycles. The summed E-state index contributed by atoms with van der Waals surface area (Å²) in [4.78, 5) is 17.3. The fourth-order valence-electron chi connectivity index (χ4n) is 2.89. The highest BCUT2D eigenvalue weighted by atomic mass is 32.2. The van der Waals surface area contributed by atoms with E-state index < -0.39 is 0 Å². The minimum atomic E-state index is -0.131. The van der Waals surface area contributed by atoms with Gasteiger partial charge in [0.25, 0.3) is 5.91 Å². The van der Waals surface area contributed by atoms with Gasteiger partial charge in [-0.25, -0.2) is 4.99 Å². The molecule has 1 N–H and O–H groups in total. The number of nitrogens with zero attached hydrogens (tertiary/aromatic N) is 1. The van der Waals surface area contributed by atoms with Gasteiger partial charge in [-0.15, -0.1) is 0 Å². The Morgan fingerprint density at radius 3 is 2.39 bits per heavy atom. The van der Waals surface area contributed by atoms with Crippen molar-refractivity contribution in [1.29, 1.82) is 0 Å². The zero-order valence-corrected chi connectivity index (χ0v) is 16.1. The van der Waals surface area contributed by atoms with Crippen molar-refractivity contribution in [3.63, 3.8) is 0 Å². The van der Waals surface area contributed by atoms with E-state index in [9.17, 15) is 4.79 Å². The first-order chi connectivity index (χ1) is 13.7. The van der Waals surface area contributed by atoms with Gasteiger partial charge in [-0.2, -0.15) is 0 Å². The maximum absolute atomic E-state index is 12.3. The van der Waals surface area contributed by atoms with Crippen LogP contribution >= 0.6 is 11.8 Å². The van der Waals surface area contributed by atoms with Gasteiger partial charge in [0, 0.05) is 5.56 Å². The first-order valence-corrected chi connectivity index (χ1v) is 9.63. The van der Waals surface area contributed by atoms with E-state index in [0.717, 1.165) is 28.1 Å². The van der Waals surface area contributed by atoms with E-state index in [1.807, 2.05) is 84.9 Å². The predicted octanol–water partition coefficient (Wildman–Crippen LogP) is 5.25. The molecule has 138 valence electrons. The molecule has 3 aromatic carbocycles. The number of rotatable bonds is 4. The monoisotopic (exact) mass is 386 g/mol. The minimum absolute atomic E-state index is 0.131. The molecule has 28 heavy (non-hydrogen) atoms. The average molecular weight is 386 g/mol. The highest BCUT2D eigenvalue weighted by molar-refractivity contribution is 8.18. The van der Waals surface area contributed by atoms with Crippen molar-refractivity contribution in [3.8, 4) is 16.9 Å². The third-order valence-electron chi connectivity index (χ3n) is 4.26. The number of thioether (sulfide) groups is 1. The summed E-state index contributed by atoms with van der Waals surface area (Å²) >= 11 is 1.35. The lowest BCUT2D eigenvalue weighted by atomic mass is 10.0. The van der Waals surface area contributed by atoms with E-state index in [-0.39, 0.29) is 5.91 Å². The lowest BCUT2D eigenvalue weighted by molar-refractivity contribution is -0.115. The Kier molecular flexibility index (Phi) is 5.26. The number of carbonyl (C=O) groups is 1. The highest BCUT2D eigenvalue weighted by Gasteiger charge is 2.23. The standard InChI is InChI=1S/C23H18N2O2S/c1-27-20-10-6-5-9-19(20)17-13-11-16(12-14-17)15-21-22(26)25-23(28-21)24-18-7-3-2-4-8-18/h2-15H,1H3,(H,24,25,26)/b21-15-. The summed E-state index contributed by atoms with van der Waals surface area (Å²) in [5, 5.41) is 3.41. The smallest absolute Gasteiger partial charge is 0.264 e. The number of benzene rings is 3. The normalized spacial score (nSPS) is 16.4. The van der Waals surface area contributed by atoms with Crippen LogP contribution in [-0.4, -0.2) is 18.2 Å². The van der Waals surface area contributed by atoms with Crippen LogP contribution in [0.15, 0.2) is 88.8 Å². The second-order valence-electron chi connectivity index (χ2n) is 6.14. The van der Waals surface area contributed by atoms with E-state index in [2.05, 4.69) is 10.3 Å². The second-order valence-corrected chi connectivity index (χ2v) is 7.17. The molecule has 0 spiro atoms. The molecule has 0 saturated carbocycles. The summed E-state index contributed by atoms with van der Waals surface area (Å²) in [7, 11) is 1.67. The molecule has 1 aliphatic rings. The Balaban J connectivity index is 1.54. The van der Waals surface area contributed by atoms with Crippen molar-refractivity contribution in [1.82, 2.24) is 5.32 Å². The molecule has 1 fully saturated rings. The van der Waals surface area contributed by atoms with Gasteiger partial charge in [0.2, 0.25) is 0 Å². The van der Waals surface area contributed by atoms with E-state index in [4.69, 9.17) is 4.74 Å². The van der Waals surface area contributed by atoms with Crippen LogP contribution in [0.25, 0.3) is 17.2 Å². The van der Waals surface area contributed by atoms with Gasteiger partial charge in [0.15, 0.2) is 5.17 Å². The number of nitrogens with one attached hydrogen (secondary N) is 1. The van der Waals surface area contributed by atoms with E-state index in [1.54, 1.807) is 7.11 Å². The summed E-state index contributed by atoms with van der Waals surface area (Å²) in [6.07, 6.45) is 1.87. The number of aliphatic imine (C=N–C) groups is 1. The molecular weight excluding hydrogens is 368 g/mol. The minimum Gasteiger partial charge on any atom is -0.496 e. The summed E-state index contributed by atoms with van der Waals surface area (Å²) < 4.78 is 5.43. The van der Waals surface area contributed by atoms with E-state index in [0.29, 0.717) is 10.1 Å². The van der Waals surface area contributed by atoms with Crippen LogP contribution in [0.2, 0.25) is 0 Å². The third kappa shape index (κ3) is 4.00. The fraction of sp³-hybridized carbons (Fsp3) is 0.0435. The average Bonchev–Trinajstić information content (AvgIpc) is 3.08. The van der Waals surface area contributed by atoms with Crippen molar-refractivity contribution < 1.29 is 9.53 Å². The number of amidine groups is 1. The molecule has 0 aliphatic carbocycles. The van der Waals surface area contributed by atoms with E-state index in [1.165, 1.54) is 11.8 Å². The molecule has 4 rings (SSSR count). The zero-order chi connectivity index (χ0) is 19.3. The Hall–Kier alpha value is -3.31. The number of methoxy groups -OCH3 is 1. The molecule has 1 heterocycles. The maximum atomic E-state index is 12.3. The molecule has 0 atom stereocenters. The number of hydrogen-bond acceptors (Lipinski definition) is 4. The Labute approximate surface area is 168 Å². The van der Waals surface area contributed by atoms with Crippen LogP contribution in [0.3, 0.4) is 0 Å². The van der Waals surface area contributed by atoms with Gasteiger partial charge in [0.1, 0.15) is 5.75 Å².